The lowest BCUT2D eigenvalue weighted by Crippen LogP contribution is -2.55. The van der Waals surface area contributed by atoms with E-state index >= 15 is 0 Å². The third-order valence-corrected chi connectivity index (χ3v) is 10.2. The minimum absolute atomic E-state index is 0.0905. The second-order valence-corrected chi connectivity index (χ2v) is 15.4. The monoisotopic (exact) mass is 868 g/mol. The van der Waals surface area contributed by atoms with Gasteiger partial charge in [0.05, 0.1) is 24.2 Å². The van der Waals surface area contributed by atoms with Crippen molar-refractivity contribution in [1.82, 2.24) is 53.2 Å². The van der Waals surface area contributed by atoms with Crippen molar-refractivity contribution in [1.29, 1.82) is 0 Å². The summed E-state index contributed by atoms with van der Waals surface area (Å²) in [4.78, 5) is 65.2. The molecule has 0 saturated heterocycles. The van der Waals surface area contributed by atoms with Gasteiger partial charge in [0.25, 0.3) is 0 Å². The lowest BCUT2D eigenvalue weighted by molar-refractivity contribution is 0.225. The summed E-state index contributed by atoms with van der Waals surface area (Å²) in [6.07, 6.45) is 1.83. The Hall–Kier alpha value is -7.55. The molecule has 0 bridgehead atoms. The predicted molar refractivity (Wildman–Crippen MR) is 250 cm³/mol. The standard InChI is InChI=1S/C49H60N10O5/c1-50-45(60)52-32-41(27-36-17-7-2-8-18-36)57-47(62)54-34-43(29-38-21-11-4-12-22-38)59-49(64)55-35-44(30-39-23-13-5-14-24-39)58-48(63)53-33-42(28-37-19-9-3-10-20-37)56-46(61)51-31-40-25-15-6-16-26-40/h2-26,41-44H,27-35H2,1H3,(H2,50,52,60)(H2,51,56,61)(H2,53,58,63)(H2,54,57,62)(H2,55,59,64)/t41-,42-,43-,44-/m0/s1. The third-order valence-electron chi connectivity index (χ3n) is 10.2. The van der Waals surface area contributed by atoms with Crippen LogP contribution in [-0.4, -0.2) is 87.5 Å². The Morgan fingerprint density at radius 2 is 0.562 bits per heavy atom. The van der Waals surface area contributed by atoms with Crippen LogP contribution in [0.5, 0.6) is 0 Å². The van der Waals surface area contributed by atoms with Crippen LogP contribution < -0.4 is 53.2 Å². The predicted octanol–water partition coefficient (Wildman–Crippen LogP) is 4.76. The van der Waals surface area contributed by atoms with Gasteiger partial charge in [-0.1, -0.05) is 152 Å². The first-order chi connectivity index (χ1) is 31.2. The quantitative estimate of drug-likeness (QED) is 0.0477. The third kappa shape index (κ3) is 18.6. The van der Waals surface area contributed by atoms with Crippen LogP contribution in [0.3, 0.4) is 0 Å². The first kappa shape index (κ1) is 47.5. The number of amides is 10. The molecule has 0 radical (unpaired) electrons. The maximum atomic E-state index is 13.6. The van der Waals surface area contributed by atoms with Crippen molar-refractivity contribution in [2.45, 2.75) is 56.4 Å². The molecule has 5 rings (SSSR count). The first-order valence-corrected chi connectivity index (χ1v) is 21.5. The Kier molecular flexibility index (Phi) is 19.8. The summed E-state index contributed by atoms with van der Waals surface area (Å²) < 4.78 is 0. The molecule has 4 atom stereocenters. The summed E-state index contributed by atoms with van der Waals surface area (Å²) in [5.74, 6) is 0. The molecule has 0 heterocycles. The van der Waals surface area contributed by atoms with E-state index in [9.17, 15) is 24.0 Å². The van der Waals surface area contributed by atoms with Gasteiger partial charge in [-0.15, -0.1) is 0 Å². The maximum absolute atomic E-state index is 13.6. The van der Waals surface area contributed by atoms with Gasteiger partial charge in [-0.3, -0.25) is 0 Å². The molecule has 10 amide bonds. The lowest BCUT2D eigenvalue weighted by Gasteiger charge is -2.24. The molecule has 15 heteroatoms. The number of benzene rings is 5. The Labute approximate surface area is 375 Å². The van der Waals surface area contributed by atoms with Crippen LogP contribution in [0.2, 0.25) is 0 Å². The summed E-state index contributed by atoms with van der Waals surface area (Å²) in [7, 11) is 1.52. The number of carbonyl (C=O) groups excluding carboxylic acids is 5. The molecule has 0 aliphatic heterocycles. The lowest BCUT2D eigenvalue weighted by atomic mass is 10.1. The van der Waals surface area contributed by atoms with E-state index in [1.807, 2.05) is 152 Å². The number of rotatable bonds is 22. The van der Waals surface area contributed by atoms with E-state index in [0.717, 1.165) is 27.8 Å². The highest BCUT2D eigenvalue weighted by molar-refractivity contribution is 5.77. The van der Waals surface area contributed by atoms with E-state index in [4.69, 9.17) is 0 Å². The number of nitrogens with one attached hydrogen (secondary N) is 10. The van der Waals surface area contributed by atoms with E-state index in [0.29, 0.717) is 32.2 Å². The zero-order chi connectivity index (χ0) is 45.2. The van der Waals surface area contributed by atoms with Gasteiger partial charge >= 0.3 is 30.2 Å². The van der Waals surface area contributed by atoms with Crippen molar-refractivity contribution in [3.05, 3.63) is 179 Å². The zero-order valence-corrected chi connectivity index (χ0v) is 36.1. The summed E-state index contributed by atoms with van der Waals surface area (Å²) >= 11 is 0. The maximum Gasteiger partial charge on any atom is 0.315 e. The van der Waals surface area contributed by atoms with Crippen LogP contribution in [0.1, 0.15) is 27.8 Å². The fourth-order valence-corrected chi connectivity index (χ4v) is 6.97. The Morgan fingerprint density at radius 1 is 0.328 bits per heavy atom. The van der Waals surface area contributed by atoms with Crippen LogP contribution in [0.15, 0.2) is 152 Å². The number of hydrogen-bond donors (Lipinski definition) is 10. The molecule has 0 aromatic heterocycles. The van der Waals surface area contributed by atoms with Gasteiger partial charge in [-0.2, -0.15) is 0 Å². The molecule has 0 aliphatic rings. The second-order valence-electron chi connectivity index (χ2n) is 15.4. The van der Waals surface area contributed by atoms with Gasteiger partial charge in [-0.05, 0) is 53.5 Å². The molecular weight excluding hydrogens is 809 g/mol. The molecule has 64 heavy (non-hydrogen) atoms. The Morgan fingerprint density at radius 3 is 0.828 bits per heavy atom. The molecule has 336 valence electrons. The van der Waals surface area contributed by atoms with Gasteiger partial charge < -0.3 is 53.2 Å². The fourth-order valence-electron chi connectivity index (χ4n) is 6.97. The average Bonchev–Trinajstić information content (AvgIpc) is 3.32. The van der Waals surface area contributed by atoms with Crippen LogP contribution >= 0.6 is 0 Å². The highest BCUT2D eigenvalue weighted by atomic mass is 16.2. The van der Waals surface area contributed by atoms with E-state index in [2.05, 4.69) is 53.2 Å². The minimum Gasteiger partial charge on any atom is -0.341 e. The van der Waals surface area contributed by atoms with Gasteiger partial charge in [0.2, 0.25) is 0 Å². The minimum atomic E-state index is -0.510. The summed E-state index contributed by atoms with van der Waals surface area (Å²) in [5.41, 5.74) is 4.87. The van der Waals surface area contributed by atoms with Gasteiger partial charge in [0, 0.05) is 39.8 Å². The molecule has 10 N–H and O–H groups in total. The van der Waals surface area contributed by atoms with E-state index in [1.54, 1.807) is 0 Å². The molecule has 5 aromatic rings. The largest absolute Gasteiger partial charge is 0.341 e. The first-order valence-electron chi connectivity index (χ1n) is 21.5. The van der Waals surface area contributed by atoms with Crippen molar-refractivity contribution in [3.8, 4) is 0 Å². The molecule has 5 aromatic carbocycles. The van der Waals surface area contributed by atoms with Gasteiger partial charge in [0.15, 0.2) is 0 Å². The van der Waals surface area contributed by atoms with Crippen LogP contribution in [0, 0.1) is 0 Å². The molecule has 0 fully saturated rings. The van der Waals surface area contributed by atoms with Crippen LogP contribution in [0.25, 0.3) is 0 Å². The fraction of sp³-hybridized carbons (Fsp3) is 0.286. The molecular formula is C49H60N10O5. The van der Waals surface area contributed by atoms with Crippen LogP contribution in [0.4, 0.5) is 24.0 Å². The molecule has 15 nitrogen and oxygen atoms in total. The van der Waals surface area contributed by atoms with Crippen LogP contribution in [-0.2, 0) is 32.2 Å². The second kappa shape index (κ2) is 26.7. The Balaban J connectivity index is 1.18. The van der Waals surface area contributed by atoms with Crippen molar-refractivity contribution < 1.29 is 24.0 Å². The smallest absolute Gasteiger partial charge is 0.315 e. The summed E-state index contributed by atoms with van der Waals surface area (Å²) in [5, 5.41) is 28.9. The SMILES string of the molecule is CNC(=O)NC[C@H](Cc1ccccc1)NC(=O)NC[C@H](Cc1ccccc1)NC(=O)NC[C@H](Cc1ccccc1)NC(=O)NC[C@H](Cc1ccccc1)NC(=O)NCc1ccccc1. The highest BCUT2D eigenvalue weighted by Crippen LogP contribution is 2.08. The Bertz CT molecular complexity index is 2150. The number of carbonyl (C=O) groups is 5. The van der Waals surface area contributed by atoms with Crippen molar-refractivity contribution in [2.24, 2.45) is 0 Å². The van der Waals surface area contributed by atoms with Gasteiger partial charge in [0.1, 0.15) is 0 Å². The summed E-state index contributed by atoms with van der Waals surface area (Å²) in [6, 6.07) is 44.3. The molecule has 0 saturated carbocycles. The van der Waals surface area contributed by atoms with Crippen molar-refractivity contribution in [2.75, 3.05) is 33.2 Å². The van der Waals surface area contributed by atoms with Crippen molar-refractivity contribution in [3.63, 3.8) is 0 Å². The average molecular weight is 869 g/mol. The summed E-state index contributed by atoms with van der Waals surface area (Å²) in [6.45, 7) is 0.891. The normalized spacial score (nSPS) is 12.5. The van der Waals surface area contributed by atoms with E-state index in [1.165, 1.54) is 7.05 Å². The molecule has 0 unspecified atom stereocenters. The highest BCUT2D eigenvalue weighted by Gasteiger charge is 2.21. The molecule has 0 aliphatic carbocycles. The van der Waals surface area contributed by atoms with E-state index in [-0.39, 0.29) is 38.2 Å². The van der Waals surface area contributed by atoms with E-state index < -0.39 is 42.3 Å². The number of hydrogen-bond acceptors (Lipinski definition) is 5. The number of urea groups is 5. The molecule has 0 spiro atoms. The topological polar surface area (TPSA) is 206 Å². The van der Waals surface area contributed by atoms with Gasteiger partial charge in [-0.25, -0.2) is 24.0 Å². The van der Waals surface area contributed by atoms with Crippen molar-refractivity contribution >= 4 is 30.2 Å². The zero-order valence-electron chi connectivity index (χ0n) is 36.1.